The average molecular weight is 266 g/mol. The molecule has 0 aliphatic rings. The first-order valence-corrected chi connectivity index (χ1v) is 7.02. The first kappa shape index (κ1) is 16.0. The molecule has 0 bridgehead atoms. The summed E-state index contributed by atoms with van der Waals surface area (Å²) in [6, 6.07) is 7.95. The summed E-state index contributed by atoms with van der Waals surface area (Å²) in [7, 11) is 0. The quantitative estimate of drug-likeness (QED) is 0.657. The first-order chi connectivity index (χ1) is 9.30. The van der Waals surface area contributed by atoms with Crippen LogP contribution in [-0.4, -0.2) is 44.4 Å². The number of nitrogens with two attached hydrogens (primary N) is 1. The smallest absolute Gasteiger partial charge is 0.119 e. The highest BCUT2D eigenvalue weighted by atomic mass is 16.5. The summed E-state index contributed by atoms with van der Waals surface area (Å²) in [5, 5.41) is 0. The molecule has 1 aromatic rings. The Kier molecular flexibility index (Phi) is 8.21. The highest BCUT2D eigenvalue weighted by molar-refractivity contribution is 5.27. The summed E-state index contributed by atoms with van der Waals surface area (Å²) in [6.07, 6.45) is 0. The van der Waals surface area contributed by atoms with Gasteiger partial charge in [0.15, 0.2) is 0 Å². The third-order valence-electron chi connectivity index (χ3n) is 3.04. The minimum Gasteiger partial charge on any atom is -0.492 e. The van der Waals surface area contributed by atoms with E-state index in [-0.39, 0.29) is 0 Å². The number of hydrogen-bond donors (Lipinski definition) is 1. The molecule has 108 valence electrons. The molecule has 0 spiro atoms. The third kappa shape index (κ3) is 6.57. The van der Waals surface area contributed by atoms with Crippen LogP contribution in [0.2, 0.25) is 0 Å². The second kappa shape index (κ2) is 9.78. The number of hydrogen-bond acceptors (Lipinski definition) is 4. The molecular formula is C15H26N2O2. The second-order valence-corrected chi connectivity index (χ2v) is 4.33. The lowest BCUT2D eigenvalue weighted by Gasteiger charge is -2.20. The van der Waals surface area contributed by atoms with Gasteiger partial charge in [-0.25, -0.2) is 0 Å². The second-order valence-electron chi connectivity index (χ2n) is 4.33. The number of likely N-dealkylation sites (N-methyl/N-ethyl adjacent to an activating group) is 1. The Bertz CT molecular complexity index is 327. The van der Waals surface area contributed by atoms with E-state index in [0.29, 0.717) is 13.2 Å². The molecule has 19 heavy (non-hydrogen) atoms. The molecule has 2 N–H and O–H groups in total. The maximum Gasteiger partial charge on any atom is 0.119 e. The Labute approximate surface area is 116 Å². The van der Waals surface area contributed by atoms with Crippen molar-refractivity contribution in [2.75, 3.05) is 39.5 Å². The van der Waals surface area contributed by atoms with Crippen molar-refractivity contribution in [1.82, 2.24) is 4.90 Å². The Morgan fingerprint density at radius 2 is 1.74 bits per heavy atom. The van der Waals surface area contributed by atoms with Crippen LogP contribution >= 0.6 is 0 Å². The summed E-state index contributed by atoms with van der Waals surface area (Å²) in [5.74, 6) is 0.901. The van der Waals surface area contributed by atoms with Crippen molar-refractivity contribution in [2.45, 2.75) is 20.4 Å². The van der Waals surface area contributed by atoms with Crippen LogP contribution in [0.5, 0.6) is 5.75 Å². The van der Waals surface area contributed by atoms with Crippen LogP contribution in [0.25, 0.3) is 0 Å². The summed E-state index contributed by atoms with van der Waals surface area (Å²) in [5.41, 5.74) is 6.68. The Morgan fingerprint density at radius 1 is 1.05 bits per heavy atom. The molecule has 4 heteroatoms. The number of ether oxygens (including phenoxy) is 2. The lowest BCUT2D eigenvalue weighted by Crippen LogP contribution is -2.31. The molecular weight excluding hydrogens is 240 g/mol. The summed E-state index contributed by atoms with van der Waals surface area (Å²) in [6.45, 7) is 9.90. The van der Waals surface area contributed by atoms with Gasteiger partial charge in [-0.3, -0.25) is 4.90 Å². The van der Waals surface area contributed by atoms with Gasteiger partial charge in [-0.05, 0) is 31.2 Å². The minimum atomic E-state index is 0.571. The maximum atomic E-state index is 5.72. The van der Waals surface area contributed by atoms with Crippen molar-refractivity contribution >= 4 is 0 Å². The largest absolute Gasteiger partial charge is 0.492 e. The topological polar surface area (TPSA) is 47.7 Å². The van der Waals surface area contributed by atoms with Crippen LogP contribution in [0.4, 0.5) is 0 Å². The molecule has 0 saturated heterocycles. The monoisotopic (exact) mass is 266 g/mol. The van der Waals surface area contributed by atoms with E-state index in [1.54, 1.807) is 0 Å². The Morgan fingerprint density at radius 3 is 2.32 bits per heavy atom. The fraction of sp³-hybridized carbons (Fsp3) is 0.600. The van der Waals surface area contributed by atoms with Crippen LogP contribution in [0, 0.1) is 0 Å². The molecule has 1 rings (SSSR count). The van der Waals surface area contributed by atoms with E-state index in [0.717, 1.165) is 44.2 Å². The van der Waals surface area contributed by atoms with Crippen molar-refractivity contribution < 1.29 is 9.47 Å². The van der Waals surface area contributed by atoms with Gasteiger partial charge in [0.1, 0.15) is 12.4 Å². The molecule has 0 radical (unpaired) electrons. The Balaban J connectivity index is 2.23. The first-order valence-electron chi connectivity index (χ1n) is 7.02. The van der Waals surface area contributed by atoms with Gasteiger partial charge in [0.2, 0.25) is 0 Å². The zero-order valence-electron chi connectivity index (χ0n) is 12.1. The van der Waals surface area contributed by atoms with E-state index in [2.05, 4.69) is 11.8 Å². The summed E-state index contributed by atoms with van der Waals surface area (Å²) >= 11 is 0. The van der Waals surface area contributed by atoms with Gasteiger partial charge in [-0.1, -0.05) is 19.1 Å². The van der Waals surface area contributed by atoms with E-state index in [9.17, 15) is 0 Å². The van der Waals surface area contributed by atoms with Crippen LogP contribution < -0.4 is 10.5 Å². The van der Waals surface area contributed by atoms with E-state index < -0.39 is 0 Å². The molecule has 0 heterocycles. The van der Waals surface area contributed by atoms with Gasteiger partial charge in [0.05, 0.1) is 6.61 Å². The van der Waals surface area contributed by atoms with Crippen LogP contribution in [0.3, 0.4) is 0 Å². The zero-order valence-corrected chi connectivity index (χ0v) is 12.1. The predicted molar refractivity (Wildman–Crippen MR) is 78.4 cm³/mol. The van der Waals surface area contributed by atoms with Crippen molar-refractivity contribution in [3.05, 3.63) is 29.8 Å². The van der Waals surface area contributed by atoms with E-state index in [1.807, 2.05) is 31.2 Å². The maximum absolute atomic E-state index is 5.72. The zero-order chi connectivity index (χ0) is 13.9. The highest BCUT2D eigenvalue weighted by Crippen LogP contribution is 2.11. The summed E-state index contributed by atoms with van der Waals surface area (Å²) < 4.78 is 11.1. The number of rotatable bonds is 10. The van der Waals surface area contributed by atoms with Crippen LogP contribution in [-0.2, 0) is 11.3 Å². The molecule has 0 atom stereocenters. The number of benzene rings is 1. The molecule has 0 aromatic heterocycles. The molecule has 1 aromatic carbocycles. The van der Waals surface area contributed by atoms with Gasteiger partial charge in [-0.15, -0.1) is 0 Å². The molecule has 0 unspecified atom stereocenters. The molecule has 0 aliphatic heterocycles. The average Bonchev–Trinajstić information content (AvgIpc) is 2.46. The van der Waals surface area contributed by atoms with Gasteiger partial charge in [-0.2, -0.15) is 0 Å². The van der Waals surface area contributed by atoms with Crippen LogP contribution in [0.15, 0.2) is 24.3 Å². The molecule has 0 saturated carbocycles. The lowest BCUT2D eigenvalue weighted by molar-refractivity contribution is 0.108. The van der Waals surface area contributed by atoms with Gasteiger partial charge in [0, 0.05) is 26.2 Å². The van der Waals surface area contributed by atoms with E-state index >= 15 is 0 Å². The lowest BCUT2D eigenvalue weighted by atomic mass is 10.2. The fourth-order valence-electron chi connectivity index (χ4n) is 1.78. The van der Waals surface area contributed by atoms with Crippen molar-refractivity contribution in [1.29, 1.82) is 0 Å². The predicted octanol–water partition coefficient (Wildman–Crippen LogP) is 1.88. The standard InChI is InChI=1S/C15H26N2O2/c1-3-17(9-11-18-4-2)10-12-19-15-7-5-14(13-16)6-8-15/h5-8H,3-4,9-13,16H2,1-2H3. The van der Waals surface area contributed by atoms with Gasteiger partial charge >= 0.3 is 0 Å². The minimum absolute atomic E-state index is 0.571. The highest BCUT2D eigenvalue weighted by Gasteiger charge is 2.02. The van der Waals surface area contributed by atoms with Crippen molar-refractivity contribution in [3.63, 3.8) is 0 Å². The molecule has 4 nitrogen and oxygen atoms in total. The number of nitrogens with zero attached hydrogens (tertiary/aromatic N) is 1. The Hall–Kier alpha value is -1.10. The SMILES string of the molecule is CCOCCN(CC)CCOc1ccc(CN)cc1. The normalized spacial score (nSPS) is 10.9. The summed E-state index contributed by atoms with van der Waals surface area (Å²) in [4.78, 5) is 2.32. The third-order valence-corrected chi connectivity index (χ3v) is 3.04. The van der Waals surface area contributed by atoms with Gasteiger partial charge in [0.25, 0.3) is 0 Å². The fourth-order valence-corrected chi connectivity index (χ4v) is 1.78. The van der Waals surface area contributed by atoms with E-state index in [1.165, 1.54) is 0 Å². The molecule has 0 amide bonds. The molecule has 0 aliphatic carbocycles. The van der Waals surface area contributed by atoms with Gasteiger partial charge < -0.3 is 15.2 Å². The van der Waals surface area contributed by atoms with E-state index in [4.69, 9.17) is 15.2 Å². The molecule has 0 fully saturated rings. The van der Waals surface area contributed by atoms with Crippen molar-refractivity contribution in [2.24, 2.45) is 5.73 Å². The van der Waals surface area contributed by atoms with Crippen molar-refractivity contribution in [3.8, 4) is 5.75 Å². The van der Waals surface area contributed by atoms with Crippen LogP contribution in [0.1, 0.15) is 19.4 Å².